The fourth-order valence-corrected chi connectivity index (χ4v) is 3.06. The Labute approximate surface area is 130 Å². The van der Waals surface area contributed by atoms with Crippen LogP contribution in [0.25, 0.3) is 0 Å². The minimum atomic E-state index is 0.143. The number of thioether (sulfide) groups is 1. The first kappa shape index (κ1) is 14.6. The second kappa shape index (κ2) is 7.13. The van der Waals surface area contributed by atoms with E-state index in [-0.39, 0.29) is 5.78 Å². The molecule has 98 valence electrons. The van der Waals surface area contributed by atoms with Gasteiger partial charge in [-0.05, 0) is 23.8 Å². The molecule has 2 aromatic carbocycles. The van der Waals surface area contributed by atoms with E-state index in [4.69, 9.17) is 11.6 Å². The van der Waals surface area contributed by atoms with Gasteiger partial charge in [0.25, 0.3) is 0 Å². The van der Waals surface area contributed by atoms with Gasteiger partial charge >= 0.3 is 0 Å². The van der Waals surface area contributed by atoms with Gasteiger partial charge in [-0.3, -0.25) is 4.79 Å². The highest BCUT2D eigenvalue weighted by Crippen LogP contribution is 2.21. The summed E-state index contributed by atoms with van der Waals surface area (Å²) in [5.74, 6) is 1.36. The zero-order chi connectivity index (χ0) is 13.7. The van der Waals surface area contributed by atoms with Crippen LogP contribution < -0.4 is 0 Å². The lowest BCUT2D eigenvalue weighted by Crippen LogP contribution is -2.02. The predicted molar refractivity (Wildman–Crippen MR) is 86.1 cm³/mol. The molecule has 1 nitrogen and oxygen atoms in total. The second-order valence-corrected chi connectivity index (χ2v) is 6.32. The summed E-state index contributed by atoms with van der Waals surface area (Å²) < 4.78 is 0.979. The molecule has 0 heterocycles. The Morgan fingerprint density at radius 2 is 1.79 bits per heavy atom. The lowest BCUT2D eigenvalue weighted by molar-refractivity contribution is 0.102. The van der Waals surface area contributed by atoms with Crippen LogP contribution in [-0.4, -0.2) is 11.5 Å². The summed E-state index contributed by atoms with van der Waals surface area (Å²) in [6.45, 7) is 0. The quantitative estimate of drug-likeness (QED) is 0.684. The highest BCUT2D eigenvalue weighted by atomic mass is 79.9. The molecule has 0 spiro atoms. The summed E-state index contributed by atoms with van der Waals surface area (Å²) in [4.78, 5) is 12.0. The molecule has 0 aliphatic heterocycles. The summed E-state index contributed by atoms with van der Waals surface area (Å²) in [5.41, 5.74) is 1.81. The maximum absolute atomic E-state index is 12.0. The van der Waals surface area contributed by atoms with E-state index in [1.165, 1.54) is 0 Å². The number of halogens is 2. The van der Waals surface area contributed by atoms with E-state index in [2.05, 4.69) is 15.9 Å². The average molecular weight is 356 g/mol. The molecule has 0 radical (unpaired) electrons. The number of hydrogen-bond donors (Lipinski definition) is 0. The van der Waals surface area contributed by atoms with Gasteiger partial charge in [0.1, 0.15) is 0 Å². The summed E-state index contributed by atoms with van der Waals surface area (Å²) in [7, 11) is 0. The molecule has 0 saturated heterocycles. The maximum atomic E-state index is 12.0. The van der Waals surface area contributed by atoms with Crippen molar-refractivity contribution in [1.29, 1.82) is 0 Å². The Morgan fingerprint density at radius 3 is 2.47 bits per heavy atom. The molecule has 0 unspecified atom stereocenters. The van der Waals surface area contributed by atoms with Crippen molar-refractivity contribution in [1.82, 2.24) is 0 Å². The van der Waals surface area contributed by atoms with E-state index in [1.54, 1.807) is 11.8 Å². The highest BCUT2D eigenvalue weighted by molar-refractivity contribution is 9.10. The monoisotopic (exact) mass is 354 g/mol. The first-order chi connectivity index (χ1) is 9.16. The van der Waals surface area contributed by atoms with Crippen LogP contribution in [0.2, 0.25) is 5.02 Å². The van der Waals surface area contributed by atoms with Gasteiger partial charge in [-0.25, -0.2) is 0 Å². The molecule has 0 aliphatic rings. The summed E-state index contributed by atoms with van der Waals surface area (Å²) in [5, 5.41) is 0.756. The zero-order valence-corrected chi connectivity index (χ0v) is 13.3. The van der Waals surface area contributed by atoms with Crippen LogP contribution in [0.1, 0.15) is 15.9 Å². The van der Waals surface area contributed by atoms with Crippen molar-refractivity contribution >= 4 is 45.1 Å². The van der Waals surface area contributed by atoms with Gasteiger partial charge in [-0.1, -0.05) is 57.9 Å². The van der Waals surface area contributed by atoms with Gasteiger partial charge < -0.3 is 0 Å². The fraction of sp³-hybridized carbons (Fsp3) is 0.133. The van der Waals surface area contributed by atoms with Crippen LogP contribution in [0.5, 0.6) is 0 Å². The van der Waals surface area contributed by atoms with Crippen LogP contribution in [0.3, 0.4) is 0 Å². The van der Waals surface area contributed by atoms with Crippen LogP contribution in [0, 0.1) is 0 Å². The lowest BCUT2D eigenvalue weighted by atomic mass is 10.2. The van der Waals surface area contributed by atoms with Crippen LogP contribution >= 0.6 is 39.3 Å². The molecule has 0 saturated carbocycles. The van der Waals surface area contributed by atoms with E-state index < -0.39 is 0 Å². The summed E-state index contributed by atoms with van der Waals surface area (Å²) in [6.07, 6.45) is 0. The van der Waals surface area contributed by atoms with Crippen molar-refractivity contribution in [3.8, 4) is 0 Å². The van der Waals surface area contributed by atoms with Gasteiger partial charge in [0.15, 0.2) is 5.78 Å². The van der Waals surface area contributed by atoms with Gasteiger partial charge in [0.05, 0.1) is 5.75 Å². The molecule has 0 fully saturated rings. The van der Waals surface area contributed by atoms with Gasteiger partial charge in [0, 0.05) is 20.8 Å². The highest BCUT2D eigenvalue weighted by Gasteiger charge is 2.06. The van der Waals surface area contributed by atoms with Crippen LogP contribution in [0.15, 0.2) is 53.0 Å². The Balaban J connectivity index is 1.88. The molecule has 4 heteroatoms. The molecule has 2 rings (SSSR count). The normalized spacial score (nSPS) is 10.4. The van der Waals surface area contributed by atoms with E-state index in [0.29, 0.717) is 5.75 Å². The van der Waals surface area contributed by atoms with Crippen molar-refractivity contribution < 1.29 is 4.79 Å². The molecule has 2 aromatic rings. The van der Waals surface area contributed by atoms with Crippen LogP contribution in [0.4, 0.5) is 0 Å². The van der Waals surface area contributed by atoms with E-state index in [0.717, 1.165) is 26.4 Å². The second-order valence-electron chi connectivity index (χ2n) is 4.01. The summed E-state index contributed by atoms with van der Waals surface area (Å²) in [6, 6.07) is 15.2. The van der Waals surface area contributed by atoms with Crippen molar-refractivity contribution in [3.05, 3.63) is 69.2 Å². The minimum absolute atomic E-state index is 0.143. The Kier molecular flexibility index (Phi) is 5.49. The smallest absolute Gasteiger partial charge is 0.172 e. The fourth-order valence-electron chi connectivity index (χ4n) is 1.59. The van der Waals surface area contributed by atoms with Crippen molar-refractivity contribution in [2.45, 2.75) is 5.75 Å². The van der Waals surface area contributed by atoms with Gasteiger partial charge in [-0.15, -0.1) is 11.8 Å². The molecule has 19 heavy (non-hydrogen) atoms. The third kappa shape index (κ3) is 4.37. The Bertz CT molecular complexity index is 569. The number of Topliss-reactive ketones (excluding diaryl/α,β-unsaturated/α-hetero) is 1. The average Bonchev–Trinajstić information content (AvgIpc) is 2.41. The van der Waals surface area contributed by atoms with Crippen LogP contribution in [-0.2, 0) is 5.75 Å². The van der Waals surface area contributed by atoms with Crippen molar-refractivity contribution in [3.63, 3.8) is 0 Å². The lowest BCUT2D eigenvalue weighted by Gasteiger charge is -2.04. The number of carbonyl (C=O) groups excluding carboxylic acids is 1. The third-order valence-corrected chi connectivity index (χ3v) is 4.49. The van der Waals surface area contributed by atoms with E-state index >= 15 is 0 Å². The SMILES string of the molecule is O=C(CSCc1ccccc1Cl)c1ccc(Br)cc1. The molecule has 0 bridgehead atoms. The summed E-state index contributed by atoms with van der Waals surface area (Å²) >= 11 is 11.0. The molecular weight excluding hydrogens is 344 g/mol. The zero-order valence-electron chi connectivity index (χ0n) is 10.1. The number of carbonyl (C=O) groups is 1. The van der Waals surface area contributed by atoms with Crippen molar-refractivity contribution in [2.75, 3.05) is 5.75 Å². The Morgan fingerprint density at radius 1 is 1.11 bits per heavy atom. The number of rotatable bonds is 5. The van der Waals surface area contributed by atoms with E-state index in [9.17, 15) is 4.79 Å². The molecule has 0 N–H and O–H groups in total. The molecule has 0 atom stereocenters. The molecular formula is C15H12BrClOS. The molecule has 0 aliphatic carbocycles. The predicted octanol–water partition coefficient (Wildman–Crippen LogP) is 5.22. The van der Waals surface area contributed by atoms with Gasteiger partial charge in [0.2, 0.25) is 0 Å². The molecule has 0 amide bonds. The molecule has 0 aromatic heterocycles. The van der Waals surface area contributed by atoms with Gasteiger partial charge in [-0.2, -0.15) is 0 Å². The third-order valence-electron chi connectivity index (χ3n) is 2.61. The standard InChI is InChI=1S/C15H12BrClOS/c16-13-7-5-11(6-8-13)15(18)10-19-9-12-3-1-2-4-14(12)17/h1-8H,9-10H2. The first-order valence-corrected chi connectivity index (χ1v) is 8.09. The number of ketones is 1. The van der Waals surface area contributed by atoms with E-state index in [1.807, 2.05) is 48.5 Å². The Hall–Kier alpha value is -0.770. The van der Waals surface area contributed by atoms with Crippen molar-refractivity contribution in [2.24, 2.45) is 0 Å². The first-order valence-electron chi connectivity index (χ1n) is 5.77. The maximum Gasteiger partial charge on any atom is 0.172 e. The largest absolute Gasteiger partial charge is 0.293 e. The number of hydrogen-bond acceptors (Lipinski definition) is 2. The topological polar surface area (TPSA) is 17.1 Å². The minimum Gasteiger partial charge on any atom is -0.293 e. The number of benzene rings is 2.